The van der Waals surface area contributed by atoms with Gasteiger partial charge in [-0.3, -0.25) is 0 Å². The number of thiocarbonyl (C=S) groups is 1. The molecule has 0 heterocycles. The quantitative estimate of drug-likeness (QED) is 0.804. The molecule has 88 valence electrons. The third-order valence-electron chi connectivity index (χ3n) is 2.11. The minimum absolute atomic E-state index is 0.442. The van der Waals surface area contributed by atoms with Crippen LogP contribution in [-0.4, -0.2) is 23.5 Å². The molecule has 0 fully saturated rings. The van der Waals surface area contributed by atoms with Crippen LogP contribution in [0.1, 0.15) is 12.0 Å². The van der Waals surface area contributed by atoms with Gasteiger partial charge >= 0.3 is 0 Å². The highest BCUT2D eigenvalue weighted by Gasteiger charge is 2.04. The summed E-state index contributed by atoms with van der Waals surface area (Å²) in [7, 11) is 1.85. The van der Waals surface area contributed by atoms with Crippen molar-refractivity contribution in [3.63, 3.8) is 0 Å². The van der Waals surface area contributed by atoms with Crippen LogP contribution in [0.4, 0.5) is 8.78 Å². The van der Waals surface area contributed by atoms with Crippen LogP contribution >= 0.6 is 12.2 Å². The molecule has 5 heteroatoms. The Morgan fingerprint density at radius 3 is 2.38 bits per heavy atom. The molecule has 0 aliphatic carbocycles. The molecular weight excluding hydrogens is 230 g/mol. The molecule has 0 saturated heterocycles. The highest BCUT2D eigenvalue weighted by Crippen LogP contribution is 2.09. The van der Waals surface area contributed by atoms with E-state index in [1.54, 1.807) is 0 Å². The summed E-state index contributed by atoms with van der Waals surface area (Å²) in [6.45, 7) is 1.14. The van der Waals surface area contributed by atoms with E-state index in [2.05, 4.69) is 0 Å². The number of hydrogen-bond acceptors (Lipinski definition) is 2. The molecule has 0 spiro atoms. The number of halogens is 2. The van der Waals surface area contributed by atoms with Crippen LogP contribution in [0.2, 0.25) is 0 Å². The Labute approximate surface area is 99.0 Å². The molecule has 0 amide bonds. The second kappa shape index (κ2) is 5.86. The van der Waals surface area contributed by atoms with Gasteiger partial charge in [0.15, 0.2) is 0 Å². The average Bonchev–Trinajstić information content (AvgIpc) is 2.12. The van der Waals surface area contributed by atoms with Crippen LogP contribution in [0.15, 0.2) is 18.2 Å². The van der Waals surface area contributed by atoms with Crippen molar-refractivity contribution in [2.75, 3.05) is 13.6 Å². The first-order chi connectivity index (χ1) is 7.47. The van der Waals surface area contributed by atoms with E-state index in [0.717, 1.165) is 6.07 Å². The lowest BCUT2D eigenvalue weighted by Gasteiger charge is -2.16. The van der Waals surface area contributed by atoms with Gasteiger partial charge in [0.25, 0.3) is 0 Å². The normalized spacial score (nSPS) is 10.8. The molecule has 1 aromatic rings. The maximum Gasteiger partial charge on any atom is 0.126 e. The third kappa shape index (κ3) is 4.63. The monoisotopic (exact) mass is 244 g/mol. The average molecular weight is 244 g/mol. The van der Waals surface area contributed by atoms with E-state index in [1.807, 2.05) is 11.9 Å². The summed E-state index contributed by atoms with van der Waals surface area (Å²) in [4.78, 5) is 2.35. The first-order valence-electron chi connectivity index (χ1n) is 4.89. The van der Waals surface area contributed by atoms with Gasteiger partial charge < -0.3 is 10.6 Å². The van der Waals surface area contributed by atoms with E-state index in [0.29, 0.717) is 30.1 Å². The Morgan fingerprint density at radius 1 is 1.31 bits per heavy atom. The highest BCUT2D eigenvalue weighted by molar-refractivity contribution is 7.80. The van der Waals surface area contributed by atoms with Gasteiger partial charge in [0.1, 0.15) is 11.6 Å². The van der Waals surface area contributed by atoms with Crippen molar-refractivity contribution in [2.24, 2.45) is 5.73 Å². The molecule has 2 nitrogen and oxygen atoms in total. The second-order valence-corrected chi connectivity index (χ2v) is 4.26. The topological polar surface area (TPSA) is 29.3 Å². The third-order valence-corrected chi connectivity index (χ3v) is 2.32. The Morgan fingerprint density at radius 2 is 1.88 bits per heavy atom. The fourth-order valence-corrected chi connectivity index (χ4v) is 1.49. The summed E-state index contributed by atoms with van der Waals surface area (Å²) in [6, 6.07) is 3.50. The summed E-state index contributed by atoms with van der Waals surface area (Å²) in [6.07, 6.45) is 0.601. The van der Waals surface area contributed by atoms with Gasteiger partial charge in [-0.05, 0) is 24.7 Å². The van der Waals surface area contributed by atoms with Crippen molar-refractivity contribution in [3.05, 3.63) is 35.4 Å². The van der Waals surface area contributed by atoms with Crippen molar-refractivity contribution in [1.82, 2.24) is 4.90 Å². The number of hydrogen-bond donors (Lipinski definition) is 1. The van der Waals surface area contributed by atoms with Gasteiger partial charge in [0.05, 0.1) is 4.99 Å². The van der Waals surface area contributed by atoms with E-state index in [4.69, 9.17) is 18.0 Å². The van der Waals surface area contributed by atoms with E-state index >= 15 is 0 Å². The predicted octanol–water partition coefficient (Wildman–Crippen LogP) is 2.07. The van der Waals surface area contributed by atoms with Crippen molar-refractivity contribution in [2.45, 2.75) is 13.0 Å². The van der Waals surface area contributed by atoms with Gasteiger partial charge in [0, 0.05) is 25.6 Å². The van der Waals surface area contributed by atoms with E-state index in [-0.39, 0.29) is 0 Å². The molecule has 0 saturated carbocycles. The summed E-state index contributed by atoms with van der Waals surface area (Å²) < 4.78 is 25.8. The fourth-order valence-electron chi connectivity index (χ4n) is 1.39. The van der Waals surface area contributed by atoms with Crippen LogP contribution in [0, 0.1) is 11.6 Å². The summed E-state index contributed by atoms with van der Waals surface area (Å²) in [5.41, 5.74) is 5.97. The van der Waals surface area contributed by atoms with Crippen molar-refractivity contribution in [3.8, 4) is 0 Å². The van der Waals surface area contributed by atoms with Crippen LogP contribution < -0.4 is 5.73 Å². The first-order valence-corrected chi connectivity index (χ1v) is 5.30. The van der Waals surface area contributed by atoms with Gasteiger partial charge in [-0.1, -0.05) is 12.2 Å². The minimum Gasteiger partial charge on any atom is -0.393 e. The second-order valence-electron chi connectivity index (χ2n) is 3.73. The van der Waals surface area contributed by atoms with Crippen molar-refractivity contribution >= 4 is 17.2 Å². The SMILES string of the molecule is CN(CCC(N)=S)Cc1cc(F)cc(F)c1. The Kier molecular flexibility index (Phi) is 4.76. The molecule has 1 rings (SSSR count). The maximum atomic E-state index is 12.9. The predicted molar refractivity (Wildman–Crippen MR) is 64.1 cm³/mol. The zero-order chi connectivity index (χ0) is 12.1. The largest absolute Gasteiger partial charge is 0.393 e. The number of rotatable bonds is 5. The molecule has 0 unspecified atom stereocenters. The first kappa shape index (κ1) is 13.0. The molecule has 1 aromatic carbocycles. The molecule has 0 atom stereocenters. The highest BCUT2D eigenvalue weighted by atomic mass is 32.1. The fraction of sp³-hybridized carbons (Fsp3) is 0.364. The molecule has 0 radical (unpaired) electrons. The Hall–Kier alpha value is -1.07. The van der Waals surface area contributed by atoms with E-state index in [1.165, 1.54) is 12.1 Å². The minimum atomic E-state index is -0.558. The summed E-state index contributed by atoms with van der Waals surface area (Å²) in [5.74, 6) is -1.12. The maximum absolute atomic E-state index is 12.9. The molecule has 0 aromatic heterocycles. The van der Waals surface area contributed by atoms with Gasteiger partial charge in [-0.25, -0.2) is 8.78 Å². The lowest BCUT2D eigenvalue weighted by molar-refractivity contribution is 0.336. The zero-order valence-electron chi connectivity index (χ0n) is 9.04. The number of nitrogens with two attached hydrogens (primary N) is 1. The van der Waals surface area contributed by atoms with Crippen LogP contribution in [-0.2, 0) is 6.54 Å². The molecule has 0 aliphatic rings. The zero-order valence-corrected chi connectivity index (χ0v) is 9.86. The number of nitrogens with zero attached hydrogens (tertiary/aromatic N) is 1. The smallest absolute Gasteiger partial charge is 0.126 e. The van der Waals surface area contributed by atoms with E-state index in [9.17, 15) is 8.78 Å². The van der Waals surface area contributed by atoms with E-state index < -0.39 is 11.6 Å². The summed E-state index contributed by atoms with van der Waals surface area (Å²) in [5, 5.41) is 0. The van der Waals surface area contributed by atoms with Crippen LogP contribution in [0.25, 0.3) is 0 Å². The lowest BCUT2D eigenvalue weighted by Crippen LogP contribution is -2.23. The number of benzene rings is 1. The van der Waals surface area contributed by atoms with Crippen molar-refractivity contribution in [1.29, 1.82) is 0 Å². The molecule has 0 bridgehead atoms. The van der Waals surface area contributed by atoms with Gasteiger partial charge in [-0.15, -0.1) is 0 Å². The Bertz CT molecular complexity index is 362. The molecule has 16 heavy (non-hydrogen) atoms. The lowest BCUT2D eigenvalue weighted by atomic mass is 10.2. The Balaban J connectivity index is 2.55. The summed E-state index contributed by atoms with van der Waals surface area (Å²) >= 11 is 4.75. The van der Waals surface area contributed by atoms with Crippen LogP contribution in [0.3, 0.4) is 0 Å². The van der Waals surface area contributed by atoms with Crippen molar-refractivity contribution < 1.29 is 8.78 Å². The van der Waals surface area contributed by atoms with Gasteiger partial charge in [0.2, 0.25) is 0 Å². The van der Waals surface area contributed by atoms with Gasteiger partial charge in [-0.2, -0.15) is 0 Å². The molecular formula is C11H14F2N2S. The molecule has 0 aliphatic heterocycles. The van der Waals surface area contributed by atoms with Crippen LogP contribution in [0.5, 0.6) is 0 Å². The standard InChI is InChI=1S/C11H14F2N2S/c1-15(3-2-11(14)16)7-8-4-9(12)6-10(13)5-8/h4-6H,2-3,7H2,1H3,(H2,14,16). The molecule has 2 N–H and O–H groups in total.